The van der Waals surface area contributed by atoms with Crippen molar-refractivity contribution in [2.24, 2.45) is 5.92 Å². The van der Waals surface area contributed by atoms with Crippen molar-refractivity contribution >= 4 is 29.3 Å². The second-order valence-electron chi connectivity index (χ2n) is 7.70. The number of fused-ring (bicyclic) bond motifs is 1. The number of carbonyl (C=O) groups is 2. The molecule has 1 aliphatic heterocycles. The van der Waals surface area contributed by atoms with E-state index in [1.54, 1.807) is 40.8 Å². The largest absolute Gasteiger partial charge is 0.449 e. The zero-order chi connectivity index (χ0) is 20.9. The average molecular weight is 422 g/mol. The van der Waals surface area contributed by atoms with E-state index in [2.05, 4.69) is 11.1 Å². The molecule has 0 saturated carbocycles. The predicted octanol–water partition coefficient (Wildman–Crippen LogP) is 3.79. The monoisotopic (exact) mass is 421 g/mol. The number of likely N-dealkylation sites (tertiary alicyclic amines) is 1. The summed E-state index contributed by atoms with van der Waals surface area (Å²) in [5.74, 6) is 0.232. The van der Waals surface area contributed by atoms with Gasteiger partial charge in [0.25, 0.3) is 0 Å². The molecule has 1 saturated heterocycles. The number of nitriles is 1. The van der Waals surface area contributed by atoms with Gasteiger partial charge in [-0.1, -0.05) is 6.07 Å². The van der Waals surface area contributed by atoms with Gasteiger partial charge in [0.15, 0.2) is 5.78 Å². The third-order valence-corrected chi connectivity index (χ3v) is 6.84. The molecule has 1 amide bonds. The molecule has 0 bridgehead atoms. The maximum Gasteiger partial charge on any atom is 0.409 e. The Morgan fingerprint density at radius 2 is 2.27 bits per heavy atom. The lowest BCUT2D eigenvalue weighted by atomic mass is 9.87. The normalized spacial score (nSPS) is 17.8. The van der Waals surface area contributed by atoms with Crippen LogP contribution in [0.25, 0.3) is 6.08 Å². The second kappa shape index (κ2) is 9.23. The van der Waals surface area contributed by atoms with Crippen LogP contribution in [-0.4, -0.2) is 41.5 Å². The molecular formula is C23H23N3O3S. The Balaban J connectivity index is 1.38. The van der Waals surface area contributed by atoms with Crippen LogP contribution in [0.4, 0.5) is 4.79 Å². The molecule has 1 aliphatic carbocycles. The van der Waals surface area contributed by atoms with E-state index in [4.69, 9.17) is 4.74 Å². The van der Waals surface area contributed by atoms with E-state index in [1.165, 1.54) is 0 Å². The first-order valence-electron chi connectivity index (χ1n) is 10.2. The van der Waals surface area contributed by atoms with Crippen LogP contribution in [0.3, 0.4) is 0 Å². The van der Waals surface area contributed by atoms with Gasteiger partial charge in [0.05, 0.1) is 12.2 Å². The van der Waals surface area contributed by atoms with Crippen LogP contribution in [0, 0.1) is 17.2 Å². The van der Waals surface area contributed by atoms with Gasteiger partial charge in [-0.3, -0.25) is 9.78 Å². The first-order valence-corrected chi connectivity index (χ1v) is 11.0. The van der Waals surface area contributed by atoms with E-state index in [-0.39, 0.29) is 24.2 Å². The number of ether oxygens (including phenoxy) is 1. The number of hydrogen-bond donors (Lipinski definition) is 0. The molecule has 0 spiro atoms. The number of rotatable bonds is 6. The minimum absolute atomic E-state index is 0.0334. The number of nitrogens with zero attached hydrogens (tertiary/aromatic N) is 3. The number of pyridine rings is 1. The quantitative estimate of drug-likeness (QED) is 0.663. The van der Waals surface area contributed by atoms with Gasteiger partial charge in [-0.2, -0.15) is 5.26 Å². The molecule has 1 atom stereocenters. The highest BCUT2D eigenvalue weighted by molar-refractivity contribution is 7.12. The third kappa shape index (κ3) is 4.60. The lowest BCUT2D eigenvalue weighted by molar-refractivity contribution is -0.113. The number of allylic oxidation sites excluding steroid dienone is 1. The fourth-order valence-corrected chi connectivity index (χ4v) is 5.20. The highest BCUT2D eigenvalue weighted by atomic mass is 32.1. The van der Waals surface area contributed by atoms with Gasteiger partial charge in [-0.05, 0) is 60.9 Å². The summed E-state index contributed by atoms with van der Waals surface area (Å²) in [6.07, 6.45) is 10.2. The van der Waals surface area contributed by atoms with Crippen molar-refractivity contribution in [3.8, 4) is 6.07 Å². The summed E-state index contributed by atoms with van der Waals surface area (Å²) in [6, 6.07) is 6.02. The summed E-state index contributed by atoms with van der Waals surface area (Å²) in [6.45, 7) is 1.99. The maximum atomic E-state index is 12.4. The zero-order valence-electron chi connectivity index (χ0n) is 16.7. The zero-order valence-corrected chi connectivity index (χ0v) is 17.5. The molecule has 6 nitrogen and oxygen atoms in total. The number of hydrogen-bond acceptors (Lipinski definition) is 6. The molecule has 2 aliphatic rings. The summed E-state index contributed by atoms with van der Waals surface area (Å²) >= 11 is 1.56. The van der Waals surface area contributed by atoms with E-state index in [0.29, 0.717) is 12.2 Å². The lowest BCUT2D eigenvalue weighted by Crippen LogP contribution is -2.43. The van der Waals surface area contributed by atoms with Crippen molar-refractivity contribution in [3.05, 3.63) is 57.0 Å². The van der Waals surface area contributed by atoms with E-state index in [0.717, 1.165) is 59.7 Å². The Morgan fingerprint density at radius 1 is 1.40 bits per heavy atom. The molecular weight excluding hydrogens is 398 g/mol. The van der Waals surface area contributed by atoms with Crippen LogP contribution < -0.4 is 0 Å². The molecule has 0 radical (unpaired) electrons. The van der Waals surface area contributed by atoms with Crippen LogP contribution in [0.2, 0.25) is 0 Å². The fraction of sp³-hybridized carbons (Fsp3) is 0.391. The molecule has 1 fully saturated rings. The van der Waals surface area contributed by atoms with Gasteiger partial charge in [-0.25, -0.2) is 4.79 Å². The smallest absolute Gasteiger partial charge is 0.409 e. The van der Waals surface area contributed by atoms with E-state index < -0.39 is 0 Å². The van der Waals surface area contributed by atoms with Crippen molar-refractivity contribution in [1.29, 1.82) is 5.26 Å². The van der Waals surface area contributed by atoms with Gasteiger partial charge < -0.3 is 9.64 Å². The van der Waals surface area contributed by atoms with Crippen LogP contribution in [0.5, 0.6) is 0 Å². The average Bonchev–Trinajstić information content (AvgIpc) is 3.06. The van der Waals surface area contributed by atoms with E-state index in [9.17, 15) is 14.9 Å². The minimum atomic E-state index is -0.220. The van der Waals surface area contributed by atoms with Gasteiger partial charge in [0, 0.05) is 41.7 Å². The van der Waals surface area contributed by atoms with Crippen molar-refractivity contribution in [1.82, 2.24) is 9.88 Å². The van der Waals surface area contributed by atoms with Crippen molar-refractivity contribution in [2.45, 2.75) is 32.1 Å². The summed E-state index contributed by atoms with van der Waals surface area (Å²) in [4.78, 5) is 32.1. The third-order valence-electron chi connectivity index (χ3n) is 5.59. The highest BCUT2D eigenvalue weighted by Gasteiger charge is 2.28. The molecule has 30 heavy (non-hydrogen) atoms. The number of ketones is 1. The highest BCUT2D eigenvalue weighted by Crippen LogP contribution is 2.36. The minimum Gasteiger partial charge on any atom is -0.449 e. The summed E-state index contributed by atoms with van der Waals surface area (Å²) in [7, 11) is 0. The van der Waals surface area contributed by atoms with Crippen LogP contribution in [0.15, 0.2) is 30.6 Å². The summed E-state index contributed by atoms with van der Waals surface area (Å²) in [5.41, 5.74) is 2.61. The van der Waals surface area contributed by atoms with E-state index in [1.807, 2.05) is 12.1 Å². The molecule has 0 N–H and O–H groups in total. The Bertz CT molecular complexity index is 1000. The molecule has 7 heteroatoms. The molecule has 2 aromatic heterocycles. The number of aromatic nitrogens is 1. The summed E-state index contributed by atoms with van der Waals surface area (Å²) < 4.78 is 5.46. The Hall–Kier alpha value is -2.98. The number of amides is 1. The van der Waals surface area contributed by atoms with Crippen molar-refractivity contribution in [3.63, 3.8) is 0 Å². The summed E-state index contributed by atoms with van der Waals surface area (Å²) in [5, 5.41) is 9.67. The number of carbonyl (C=O) groups excluding carboxylic acids is 2. The SMILES string of the molecule is N#Cc1c(CC(=O)/C=C/c2cccnc2)sc2c1CCC(COC(=O)N1CCC1)C2. The van der Waals surface area contributed by atoms with Gasteiger partial charge in [0.2, 0.25) is 0 Å². The van der Waals surface area contributed by atoms with Crippen LogP contribution >= 0.6 is 11.3 Å². The fourth-order valence-electron chi connectivity index (χ4n) is 3.77. The van der Waals surface area contributed by atoms with Gasteiger partial charge in [0.1, 0.15) is 6.07 Å². The van der Waals surface area contributed by atoms with Crippen molar-refractivity contribution < 1.29 is 14.3 Å². The topological polar surface area (TPSA) is 83.3 Å². The van der Waals surface area contributed by atoms with Crippen LogP contribution in [0.1, 0.15) is 39.3 Å². The molecule has 1 unspecified atom stereocenters. The van der Waals surface area contributed by atoms with Crippen molar-refractivity contribution in [2.75, 3.05) is 19.7 Å². The molecule has 4 rings (SSSR count). The number of thiophene rings is 1. The molecule has 154 valence electrons. The first kappa shape index (κ1) is 20.3. The molecule has 2 aromatic rings. The lowest BCUT2D eigenvalue weighted by Gasteiger charge is -2.31. The molecule has 0 aromatic carbocycles. The maximum absolute atomic E-state index is 12.4. The Morgan fingerprint density at radius 3 is 2.97 bits per heavy atom. The second-order valence-corrected chi connectivity index (χ2v) is 8.89. The van der Waals surface area contributed by atoms with Gasteiger partial charge >= 0.3 is 6.09 Å². The van der Waals surface area contributed by atoms with Gasteiger partial charge in [-0.15, -0.1) is 11.3 Å². The first-order chi connectivity index (χ1) is 14.6. The Kier molecular flexibility index (Phi) is 6.24. The standard InChI is InChI=1S/C23H23N3O3S/c24-13-20-19-7-5-17(15-29-23(28)26-9-2-10-26)11-21(19)30-22(20)12-18(27)6-4-16-3-1-8-25-14-16/h1,3-4,6,8,14,17H,2,5,7,9-12,15H2/b6-4+. The molecule has 3 heterocycles. The van der Waals surface area contributed by atoms with Crippen LogP contribution in [-0.2, 0) is 28.8 Å². The Labute approximate surface area is 179 Å². The predicted molar refractivity (Wildman–Crippen MR) is 114 cm³/mol. The van der Waals surface area contributed by atoms with E-state index >= 15 is 0 Å².